The molecule has 20 heavy (non-hydrogen) atoms. The van der Waals surface area contributed by atoms with Gasteiger partial charge in [0.15, 0.2) is 0 Å². The minimum Gasteiger partial charge on any atom is -0.313 e. The molecule has 0 fully saturated rings. The molecule has 104 valence electrons. The molecular weight excluding hydrogens is 265 g/mol. The smallest absolute Gasteiger partial charge is 0.313 e. The molecule has 0 aliphatic carbocycles. The molecular formula is C15H13F3N2. The summed E-state index contributed by atoms with van der Waals surface area (Å²) in [5.41, 5.74) is 2.13. The number of hydrogen-bond donors (Lipinski definition) is 0. The molecule has 0 unspecified atom stereocenters. The summed E-state index contributed by atoms with van der Waals surface area (Å²) in [7, 11) is 0. The van der Waals surface area contributed by atoms with Gasteiger partial charge in [-0.15, -0.1) is 0 Å². The summed E-state index contributed by atoms with van der Waals surface area (Å²) < 4.78 is 40.3. The van der Waals surface area contributed by atoms with Crippen molar-refractivity contribution in [3.05, 3.63) is 47.8 Å². The van der Waals surface area contributed by atoms with E-state index in [9.17, 15) is 13.2 Å². The van der Waals surface area contributed by atoms with Gasteiger partial charge in [0, 0.05) is 6.20 Å². The van der Waals surface area contributed by atoms with Gasteiger partial charge in [-0.05, 0) is 36.2 Å². The van der Waals surface area contributed by atoms with Gasteiger partial charge in [-0.25, -0.2) is 4.98 Å². The van der Waals surface area contributed by atoms with E-state index in [1.807, 2.05) is 36.6 Å². The average molecular weight is 278 g/mol. The van der Waals surface area contributed by atoms with Gasteiger partial charge in [0.1, 0.15) is 0 Å². The number of aromatic nitrogens is 2. The van der Waals surface area contributed by atoms with E-state index in [2.05, 4.69) is 4.98 Å². The molecule has 0 amide bonds. The summed E-state index contributed by atoms with van der Waals surface area (Å²) in [6, 6.07) is 7.49. The van der Waals surface area contributed by atoms with Crippen LogP contribution in [-0.2, 0) is 6.18 Å². The number of rotatable bonds is 1. The van der Waals surface area contributed by atoms with Crippen molar-refractivity contribution < 1.29 is 13.2 Å². The Bertz CT molecular complexity index is 785. The van der Waals surface area contributed by atoms with E-state index in [0.717, 1.165) is 23.3 Å². The van der Waals surface area contributed by atoms with Crippen molar-refractivity contribution in [1.29, 1.82) is 0 Å². The molecule has 0 atom stereocenters. The van der Waals surface area contributed by atoms with Crippen LogP contribution in [0.15, 0.2) is 36.5 Å². The second kappa shape index (κ2) is 4.23. The van der Waals surface area contributed by atoms with Crippen molar-refractivity contribution in [2.75, 3.05) is 0 Å². The number of fused-ring (bicyclic) bond motifs is 3. The third-order valence-corrected chi connectivity index (χ3v) is 3.36. The maximum absolute atomic E-state index is 12.8. The lowest BCUT2D eigenvalue weighted by Gasteiger charge is -2.13. The largest absolute Gasteiger partial charge is 0.416 e. The van der Waals surface area contributed by atoms with E-state index < -0.39 is 11.7 Å². The van der Waals surface area contributed by atoms with Gasteiger partial charge in [-0.2, -0.15) is 13.2 Å². The molecule has 2 nitrogen and oxygen atoms in total. The number of nitrogens with zero attached hydrogens (tertiary/aromatic N) is 2. The van der Waals surface area contributed by atoms with Crippen LogP contribution in [0.25, 0.3) is 16.6 Å². The molecule has 2 aromatic heterocycles. The highest BCUT2D eigenvalue weighted by Gasteiger charge is 2.30. The summed E-state index contributed by atoms with van der Waals surface area (Å²) in [5, 5.41) is 0. The van der Waals surface area contributed by atoms with Gasteiger partial charge >= 0.3 is 6.18 Å². The summed E-state index contributed by atoms with van der Waals surface area (Å²) in [5.74, 6) is 0.145. The molecule has 0 saturated heterocycles. The first-order valence-electron chi connectivity index (χ1n) is 6.36. The van der Waals surface area contributed by atoms with Crippen LogP contribution in [0, 0.1) is 0 Å². The SMILES string of the molecule is CC(C)c1nc2cc(C(F)(F)F)ccc2n2cccc12. The van der Waals surface area contributed by atoms with Crippen LogP contribution >= 0.6 is 0 Å². The Kier molecular flexibility index (Phi) is 2.74. The molecule has 0 N–H and O–H groups in total. The van der Waals surface area contributed by atoms with Crippen molar-refractivity contribution in [3.8, 4) is 0 Å². The lowest BCUT2D eigenvalue weighted by Crippen LogP contribution is -2.06. The zero-order valence-electron chi connectivity index (χ0n) is 11.1. The number of alkyl halides is 3. The zero-order valence-corrected chi connectivity index (χ0v) is 11.1. The third-order valence-electron chi connectivity index (χ3n) is 3.36. The topological polar surface area (TPSA) is 17.3 Å². The molecule has 0 spiro atoms. The van der Waals surface area contributed by atoms with Gasteiger partial charge in [-0.1, -0.05) is 13.8 Å². The summed E-state index contributed by atoms with van der Waals surface area (Å²) in [6.07, 6.45) is -2.50. The molecule has 3 rings (SSSR count). The lowest BCUT2D eigenvalue weighted by molar-refractivity contribution is -0.137. The van der Waals surface area contributed by atoms with Crippen molar-refractivity contribution in [1.82, 2.24) is 9.38 Å². The summed E-state index contributed by atoms with van der Waals surface area (Å²) in [4.78, 5) is 4.43. The fraction of sp³-hybridized carbons (Fsp3) is 0.267. The Morgan fingerprint density at radius 1 is 1.10 bits per heavy atom. The molecule has 1 aromatic carbocycles. The Morgan fingerprint density at radius 2 is 1.85 bits per heavy atom. The highest BCUT2D eigenvalue weighted by Crippen LogP contribution is 2.32. The minimum atomic E-state index is -4.35. The maximum atomic E-state index is 12.8. The first-order valence-corrected chi connectivity index (χ1v) is 6.36. The first kappa shape index (κ1) is 13.0. The van der Waals surface area contributed by atoms with Gasteiger partial charge < -0.3 is 4.40 Å². The second-order valence-electron chi connectivity index (χ2n) is 5.12. The molecule has 3 aromatic rings. The van der Waals surface area contributed by atoms with Crippen LogP contribution in [0.1, 0.15) is 31.0 Å². The predicted molar refractivity (Wildman–Crippen MR) is 71.8 cm³/mol. The van der Waals surface area contributed by atoms with Crippen molar-refractivity contribution >= 4 is 16.6 Å². The standard InChI is InChI=1S/C15H13F3N2/c1-9(2)14-13-4-3-7-20(13)12-6-5-10(15(16,17)18)8-11(12)19-14/h3-9H,1-2H3. The van der Waals surface area contributed by atoms with E-state index in [1.165, 1.54) is 6.07 Å². The molecule has 0 bridgehead atoms. The molecule has 5 heteroatoms. The van der Waals surface area contributed by atoms with E-state index in [4.69, 9.17) is 0 Å². The lowest BCUT2D eigenvalue weighted by atomic mass is 10.1. The fourth-order valence-corrected chi connectivity index (χ4v) is 2.40. The highest BCUT2D eigenvalue weighted by molar-refractivity contribution is 5.80. The molecule has 0 aliphatic rings. The van der Waals surface area contributed by atoms with E-state index in [1.54, 1.807) is 0 Å². The average Bonchev–Trinajstić information content (AvgIpc) is 2.84. The normalized spacial score (nSPS) is 12.7. The van der Waals surface area contributed by atoms with Gasteiger partial charge in [0.2, 0.25) is 0 Å². The Balaban J connectivity index is 2.38. The Morgan fingerprint density at radius 3 is 2.50 bits per heavy atom. The number of halogens is 3. The third kappa shape index (κ3) is 1.94. The summed E-state index contributed by atoms with van der Waals surface area (Å²) in [6.45, 7) is 3.96. The first-order chi connectivity index (χ1) is 9.38. The van der Waals surface area contributed by atoms with Crippen molar-refractivity contribution in [2.45, 2.75) is 25.9 Å². The fourth-order valence-electron chi connectivity index (χ4n) is 2.40. The van der Waals surface area contributed by atoms with Gasteiger partial charge in [-0.3, -0.25) is 0 Å². The Labute approximate surface area is 113 Å². The van der Waals surface area contributed by atoms with Crippen LogP contribution in [0.5, 0.6) is 0 Å². The zero-order chi connectivity index (χ0) is 14.5. The molecule has 2 heterocycles. The summed E-state index contributed by atoms with van der Waals surface area (Å²) >= 11 is 0. The second-order valence-corrected chi connectivity index (χ2v) is 5.12. The van der Waals surface area contributed by atoms with Crippen molar-refractivity contribution in [3.63, 3.8) is 0 Å². The Hall–Kier alpha value is -2.04. The monoisotopic (exact) mass is 278 g/mol. The molecule has 0 saturated carbocycles. The number of hydrogen-bond acceptors (Lipinski definition) is 1. The van der Waals surface area contributed by atoms with E-state index >= 15 is 0 Å². The maximum Gasteiger partial charge on any atom is 0.416 e. The van der Waals surface area contributed by atoms with Crippen LogP contribution in [-0.4, -0.2) is 9.38 Å². The van der Waals surface area contributed by atoms with Gasteiger partial charge in [0.05, 0.1) is 27.8 Å². The van der Waals surface area contributed by atoms with Crippen LogP contribution in [0.2, 0.25) is 0 Å². The van der Waals surface area contributed by atoms with Gasteiger partial charge in [0.25, 0.3) is 0 Å². The molecule has 0 aliphatic heterocycles. The van der Waals surface area contributed by atoms with Crippen LogP contribution in [0.3, 0.4) is 0 Å². The van der Waals surface area contributed by atoms with Crippen LogP contribution in [0.4, 0.5) is 13.2 Å². The highest BCUT2D eigenvalue weighted by atomic mass is 19.4. The van der Waals surface area contributed by atoms with Crippen LogP contribution < -0.4 is 0 Å². The van der Waals surface area contributed by atoms with E-state index in [0.29, 0.717) is 11.0 Å². The van der Waals surface area contributed by atoms with E-state index in [-0.39, 0.29) is 5.92 Å². The minimum absolute atomic E-state index is 0.145. The quantitative estimate of drug-likeness (QED) is 0.634. The van der Waals surface area contributed by atoms with Crippen molar-refractivity contribution in [2.24, 2.45) is 0 Å². The molecule has 0 radical (unpaired) electrons. The predicted octanol–water partition coefficient (Wildman–Crippen LogP) is 4.63. The number of benzene rings is 1.